The SMILES string of the molecule is Cn1c(Nc2ccc(Cl)cc2)nc2cc(Oc3ccnc(C(=O)CCCc4ccccc4)c3)ccc21. The van der Waals surface area contributed by atoms with Crippen molar-refractivity contribution in [1.82, 2.24) is 14.5 Å². The van der Waals surface area contributed by atoms with E-state index in [-0.39, 0.29) is 5.78 Å². The minimum atomic E-state index is 0.00877. The standard InChI is InChI=1S/C29H25ClN4O2/c1-34-27-15-14-23(18-25(27)33-29(34)32-22-12-10-21(30)11-13-22)36-24-16-17-31-26(19-24)28(35)9-5-8-20-6-3-2-4-7-20/h2-4,6-7,10-19H,5,8-9H2,1H3,(H,32,33). The fourth-order valence-corrected chi connectivity index (χ4v) is 4.13. The molecule has 0 bridgehead atoms. The number of nitrogens with zero attached hydrogens (tertiary/aromatic N) is 3. The molecule has 0 saturated heterocycles. The number of ether oxygens (including phenoxy) is 1. The molecule has 1 N–H and O–H groups in total. The van der Waals surface area contributed by atoms with E-state index < -0.39 is 0 Å². The van der Waals surface area contributed by atoms with Gasteiger partial charge in [0.1, 0.15) is 17.2 Å². The summed E-state index contributed by atoms with van der Waals surface area (Å²) in [6.07, 6.45) is 3.68. The molecule has 0 atom stereocenters. The molecule has 36 heavy (non-hydrogen) atoms. The van der Waals surface area contributed by atoms with Gasteiger partial charge in [-0.15, -0.1) is 0 Å². The van der Waals surface area contributed by atoms with Crippen molar-refractivity contribution >= 4 is 40.1 Å². The molecular formula is C29H25ClN4O2. The summed E-state index contributed by atoms with van der Waals surface area (Å²) >= 11 is 5.98. The minimum Gasteiger partial charge on any atom is -0.457 e. The summed E-state index contributed by atoms with van der Waals surface area (Å²) in [6, 6.07) is 26.8. The number of fused-ring (bicyclic) bond motifs is 1. The Labute approximate surface area is 214 Å². The van der Waals surface area contributed by atoms with Crippen LogP contribution in [0.5, 0.6) is 11.5 Å². The number of imidazole rings is 1. The third-order valence-corrected chi connectivity index (χ3v) is 6.17. The monoisotopic (exact) mass is 496 g/mol. The van der Waals surface area contributed by atoms with Gasteiger partial charge in [-0.2, -0.15) is 0 Å². The number of carbonyl (C=O) groups is 1. The Morgan fingerprint density at radius 2 is 1.75 bits per heavy atom. The molecule has 5 rings (SSSR count). The predicted molar refractivity (Wildman–Crippen MR) is 143 cm³/mol. The van der Waals surface area contributed by atoms with Crippen LogP contribution < -0.4 is 10.1 Å². The van der Waals surface area contributed by atoms with Crippen molar-refractivity contribution in [1.29, 1.82) is 0 Å². The second kappa shape index (κ2) is 10.6. The fourth-order valence-electron chi connectivity index (χ4n) is 4.01. The molecule has 7 heteroatoms. The van der Waals surface area contributed by atoms with Gasteiger partial charge >= 0.3 is 0 Å². The molecule has 5 aromatic rings. The van der Waals surface area contributed by atoms with Crippen molar-refractivity contribution in [2.24, 2.45) is 7.05 Å². The van der Waals surface area contributed by atoms with Crippen LogP contribution in [0.4, 0.5) is 11.6 Å². The van der Waals surface area contributed by atoms with E-state index in [0.717, 1.165) is 29.6 Å². The highest BCUT2D eigenvalue weighted by Gasteiger charge is 2.12. The van der Waals surface area contributed by atoms with E-state index in [4.69, 9.17) is 21.3 Å². The van der Waals surface area contributed by atoms with Gasteiger partial charge in [-0.1, -0.05) is 41.9 Å². The molecule has 0 amide bonds. The van der Waals surface area contributed by atoms with Crippen LogP contribution in [0.1, 0.15) is 28.9 Å². The average molecular weight is 497 g/mol. The van der Waals surface area contributed by atoms with Crippen molar-refractivity contribution in [3.8, 4) is 11.5 Å². The Kier molecular flexibility index (Phi) is 6.96. The number of Topliss-reactive ketones (excluding diaryl/α,β-unsaturated/α-hetero) is 1. The van der Waals surface area contributed by atoms with Gasteiger partial charge in [0.2, 0.25) is 5.95 Å². The first-order valence-corrected chi connectivity index (χ1v) is 12.1. The lowest BCUT2D eigenvalue weighted by Crippen LogP contribution is -2.03. The summed E-state index contributed by atoms with van der Waals surface area (Å²) in [6.45, 7) is 0. The smallest absolute Gasteiger partial charge is 0.208 e. The number of aryl methyl sites for hydroxylation is 2. The van der Waals surface area contributed by atoms with Crippen molar-refractivity contribution < 1.29 is 9.53 Å². The highest BCUT2D eigenvalue weighted by Crippen LogP contribution is 2.28. The maximum absolute atomic E-state index is 12.7. The summed E-state index contributed by atoms with van der Waals surface area (Å²) in [4.78, 5) is 21.6. The van der Waals surface area contributed by atoms with E-state index in [9.17, 15) is 4.79 Å². The summed E-state index contributed by atoms with van der Waals surface area (Å²) in [5.41, 5.74) is 4.29. The third kappa shape index (κ3) is 5.56. The first-order chi connectivity index (χ1) is 17.5. The Hall–Kier alpha value is -4.16. The number of carbonyl (C=O) groups excluding carboxylic acids is 1. The van der Waals surface area contributed by atoms with Crippen LogP contribution in [-0.4, -0.2) is 20.3 Å². The van der Waals surface area contributed by atoms with Gasteiger partial charge in [-0.3, -0.25) is 9.78 Å². The molecule has 0 fully saturated rings. The topological polar surface area (TPSA) is 69.0 Å². The van der Waals surface area contributed by atoms with Crippen LogP contribution in [0.25, 0.3) is 11.0 Å². The van der Waals surface area contributed by atoms with Crippen LogP contribution in [0.2, 0.25) is 5.02 Å². The van der Waals surface area contributed by atoms with Crippen molar-refractivity contribution in [2.75, 3.05) is 5.32 Å². The van der Waals surface area contributed by atoms with Crippen LogP contribution in [0.3, 0.4) is 0 Å². The first-order valence-electron chi connectivity index (χ1n) is 11.8. The van der Waals surface area contributed by atoms with E-state index in [1.54, 1.807) is 18.3 Å². The molecule has 180 valence electrons. The van der Waals surface area contributed by atoms with Gasteiger partial charge in [-0.05, 0) is 60.9 Å². The van der Waals surface area contributed by atoms with Gasteiger partial charge < -0.3 is 14.6 Å². The van der Waals surface area contributed by atoms with Gasteiger partial charge in [0.25, 0.3) is 0 Å². The predicted octanol–water partition coefficient (Wildman–Crippen LogP) is 7.36. The average Bonchev–Trinajstić information content (AvgIpc) is 3.20. The van der Waals surface area contributed by atoms with E-state index in [2.05, 4.69) is 22.4 Å². The van der Waals surface area contributed by atoms with Crippen LogP contribution in [0, 0.1) is 0 Å². The number of pyridine rings is 1. The number of nitrogens with one attached hydrogen (secondary N) is 1. The number of hydrogen-bond donors (Lipinski definition) is 1. The zero-order valence-corrected chi connectivity index (χ0v) is 20.6. The highest BCUT2D eigenvalue weighted by molar-refractivity contribution is 6.30. The van der Waals surface area contributed by atoms with Gasteiger partial charge in [-0.25, -0.2) is 4.98 Å². The number of benzene rings is 3. The first kappa shape index (κ1) is 23.6. The molecule has 0 spiro atoms. The second-order valence-corrected chi connectivity index (χ2v) is 8.95. The maximum atomic E-state index is 12.7. The van der Waals surface area contributed by atoms with Gasteiger partial charge in [0, 0.05) is 42.5 Å². The van der Waals surface area contributed by atoms with Crippen LogP contribution >= 0.6 is 11.6 Å². The number of ketones is 1. The zero-order valence-electron chi connectivity index (χ0n) is 19.8. The molecule has 3 aromatic carbocycles. The molecule has 0 aliphatic carbocycles. The summed E-state index contributed by atoms with van der Waals surface area (Å²) in [5, 5.41) is 3.99. The Bertz CT molecular complexity index is 1500. The fraction of sp³-hybridized carbons (Fsp3) is 0.138. The number of rotatable bonds is 9. The molecular weight excluding hydrogens is 472 g/mol. The number of anilines is 2. The molecule has 0 radical (unpaired) electrons. The summed E-state index contributed by atoms with van der Waals surface area (Å²) < 4.78 is 8.03. The van der Waals surface area contributed by atoms with Crippen molar-refractivity contribution in [2.45, 2.75) is 19.3 Å². The van der Waals surface area contributed by atoms with E-state index in [0.29, 0.717) is 34.6 Å². The normalized spacial score (nSPS) is 10.9. The lowest BCUT2D eigenvalue weighted by Gasteiger charge is -2.08. The van der Waals surface area contributed by atoms with E-state index >= 15 is 0 Å². The van der Waals surface area contributed by atoms with Gasteiger partial charge in [0.15, 0.2) is 5.78 Å². The molecule has 0 unspecified atom stereocenters. The maximum Gasteiger partial charge on any atom is 0.208 e. The van der Waals surface area contributed by atoms with Crippen LogP contribution in [-0.2, 0) is 13.5 Å². The molecule has 0 aliphatic heterocycles. The Balaban J connectivity index is 1.26. The summed E-state index contributed by atoms with van der Waals surface area (Å²) in [5.74, 6) is 1.91. The van der Waals surface area contributed by atoms with Crippen molar-refractivity contribution in [3.05, 3.63) is 107 Å². The van der Waals surface area contributed by atoms with Gasteiger partial charge in [0.05, 0.1) is 11.0 Å². The lowest BCUT2D eigenvalue weighted by molar-refractivity contribution is 0.0975. The molecule has 6 nitrogen and oxygen atoms in total. The largest absolute Gasteiger partial charge is 0.457 e. The van der Waals surface area contributed by atoms with Crippen molar-refractivity contribution in [3.63, 3.8) is 0 Å². The zero-order chi connectivity index (χ0) is 24.9. The highest BCUT2D eigenvalue weighted by atomic mass is 35.5. The molecule has 2 aromatic heterocycles. The quantitative estimate of drug-likeness (QED) is 0.216. The third-order valence-electron chi connectivity index (χ3n) is 5.92. The second-order valence-electron chi connectivity index (χ2n) is 8.52. The summed E-state index contributed by atoms with van der Waals surface area (Å²) in [7, 11) is 1.95. The molecule has 0 aliphatic rings. The molecule has 2 heterocycles. The lowest BCUT2D eigenvalue weighted by atomic mass is 10.1. The molecule has 0 saturated carbocycles. The number of aromatic nitrogens is 3. The van der Waals surface area contributed by atoms with E-state index in [1.807, 2.05) is 72.3 Å². The van der Waals surface area contributed by atoms with E-state index in [1.165, 1.54) is 5.56 Å². The number of halogens is 1. The minimum absolute atomic E-state index is 0.00877. The van der Waals surface area contributed by atoms with Crippen LogP contribution in [0.15, 0.2) is 91.1 Å². The number of hydrogen-bond acceptors (Lipinski definition) is 5. The Morgan fingerprint density at radius 1 is 0.972 bits per heavy atom. The Morgan fingerprint density at radius 3 is 2.56 bits per heavy atom.